The highest BCUT2D eigenvalue weighted by Crippen LogP contribution is 2.26. The highest BCUT2D eigenvalue weighted by molar-refractivity contribution is 7.11. The third-order valence-electron chi connectivity index (χ3n) is 2.88. The van der Waals surface area contributed by atoms with E-state index in [1.54, 1.807) is 29.5 Å². The molecule has 0 aliphatic carbocycles. The van der Waals surface area contributed by atoms with Gasteiger partial charge in [0.2, 0.25) is 0 Å². The van der Waals surface area contributed by atoms with E-state index in [1.807, 2.05) is 26.8 Å². The second-order valence-corrected chi connectivity index (χ2v) is 5.80. The first kappa shape index (κ1) is 13.5. The van der Waals surface area contributed by atoms with Crippen LogP contribution in [0.15, 0.2) is 24.3 Å². The zero-order valence-corrected chi connectivity index (χ0v) is 11.9. The van der Waals surface area contributed by atoms with Crippen molar-refractivity contribution >= 4 is 23.0 Å². The van der Waals surface area contributed by atoms with E-state index >= 15 is 0 Å². The summed E-state index contributed by atoms with van der Waals surface area (Å²) < 4.78 is 0. The lowest BCUT2D eigenvalue weighted by Crippen LogP contribution is -2.11. The minimum atomic E-state index is -0.929. The summed E-state index contributed by atoms with van der Waals surface area (Å²) in [7, 11) is 0. The van der Waals surface area contributed by atoms with E-state index in [9.17, 15) is 4.79 Å². The van der Waals surface area contributed by atoms with E-state index in [-0.39, 0.29) is 11.6 Å². The molecule has 0 aliphatic heterocycles. The van der Waals surface area contributed by atoms with Crippen molar-refractivity contribution in [3.05, 3.63) is 45.4 Å². The number of carbonyl (C=O) groups is 1. The zero-order chi connectivity index (χ0) is 14.0. The molecule has 2 rings (SSSR count). The molecule has 0 amide bonds. The van der Waals surface area contributed by atoms with Crippen LogP contribution in [-0.4, -0.2) is 16.1 Å². The number of carboxylic acid groups (broad SMARTS) is 1. The van der Waals surface area contributed by atoms with Crippen molar-refractivity contribution in [1.29, 1.82) is 0 Å². The molecule has 2 N–H and O–H groups in total. The van der Waals surface area contributed by atoms with Crippen LogP contribution in [0, 0.1) is 13.8 Å². The van der Waals surface area contributed by atoms with Crippen molar-refractivity contribution in [3.63, 3.8) is 0 Å². The summed E-state index contributed by atoms with van der Waals surface area (Å²) in [4.78, 5) is 16.8. The highest BCUT2D eigenvalue weighted by atomic mass is 32.1. The molecule has 100 valence electrons. The van der Waals surface area contributed by atoms with Gasteiger partial charge in [0.1, 0.15) is 0 Å². The zero-order valence-electron chi connectivity index (χ0n) is 11.1. The van der Waals surface area contributed by atoms with Crippen molar-refractivity contribution in [3.8, 4) is 0 Å². The predicted molar refractivity (Wildman–Crippen MR) is 77.0 cm³/mol. The Kier molecular flexibility index (Phi) is 3.85. The lowest BCUT2D eigenvalue weighted by atomic mass is 10.1. The fourth-order valence-corrected chi connectivity index (χ4v) is 2.96. The Morgan fingerprint density at radius 2 is 2.05 bits per heavy atom. The second kappa shape index (κ2) is 5.40. The Balaban J connectivity index is 2.26. The molecule has 1 atom stereocenters. The lowest BCUT2D eigenvalue weighted by molar-refractivity contribution is 0.0698. The molecule has 2 aromatic rings. The van der Waals surface area contributed by atoms with Gasteiger partial charge in [-0.25, -0.2) is 9.78 Å². The Labute approximate surface area is 116 Å². The number of rotatable bonds is 4. The van der Waals surface area contributed by atoms with Crippen molar-refractivity contribution in [2.45, 2.75) is 26.8 Å². The molecule has 4 nitrogen and oxygen atoms in total. The van der Waals surface area contributed by atoms with E-state index < -0.39 is 5.97 Å². The van der Waals surface area contributed by atoms with Gasteiger partial charge in [0.25, 0.3) is 0 Å². The quantitative estimate of drug-likeness (QED) is 0.895. The van der Waals surface area contributed by atoms with Crippen molar-refractivity contribution in [2.75, 3.05) is 5.32 Å². The number of hydrogen-bond donors (Lipinski definition) is 2. The number of benzene rings is 1. The summed E-state index contributed by atoms with van der Waals surface area (Å²) in [5.41, 5.74) is 1.87. The number of aryl methyl sites for hydroxylation is 2. The van der Waals surface area contributed by atoms with Gasteiger partial charge >= 0.3 is 5.97 Å². The van der Waals surface area contributed by atoms with Crippen LogP contribution in [-0.2, 0) is 0 Å². The summed E-state index contributed by atoms with van der Waals surface area (Å²) >= 11 is 1.65. The van der Waals surface area contributed by atoms with Crippen molar-refractivity contribution < 1.29 is 9.90 Å². The fraction of sp³-hybridized carbons (Fsp3) is 0.286. The first-order valence-corrected chi connectivity index (χ1v) is 6.83. The molecule has 5 heteroatoms. The van der Waals surface area contributed by atoms with Crippen LogP contribution in [0.5, 0.6) is 0 Å². The van der Waals surface area contributed by atoms with Crippen LogP contribution in [0.1, 0.15) is 38.9 Å². The lowest BCUT2D eigenvalue weighted by Gasteiger charge is -2.16. The summed E-state index contributed by atoms with van der Waals surface area (Å²) in [6, 6.07) is 6.88. The molecule has 1 unspecified atom stereocenters. The summed E-state index contributed by atoms with van der Waals surface area (Å²) in [6.45, 7) is 5.99. The Morgan fingerprint density at radius 1 is 1.37 bits per heavy atom. The van der Waals surface area contributed by atoms with E-state index in [0.717, 1.165) is 15.6 Å². The molecular formula is C14H16N2O2S. The minimum absolute atomic E-state index is 0.0227. The molecule has 0 radical (unpaired) electrons. The third-order valence-corrected chi connectivity index (χ3v) is 3.78. The number of thiazole rings is 1. The number of nitrogens with one attached hydrogen (secondary N) is 1. The molecule has 0 saturated carbocycles. The van der Waals surface area contributed by atoms with Gasteiger partial charge in [0.15, 0.2) is 0 Å². The highest BCUT2D eigenvalue weighted by Gasteiger charge is 2.16. The van der Waals surface area contributed by atoms with Crippen LogP contribution in [0.2, 0.25) is 0 Å². The molecule has 0 spiro atoms. The van der Waals surface area contributed by atoms with E-state index in [4.69, 9.17) is 5.11 Å². The average molecular weight is 276 g/mol. The second-order valence-electron chi connectivity index (χ2n) is 4.39. The maximum Gasteiger partial charge on any atom is 0.337 e. The molecule has 1 heterocycles. The van der Waals surface area contributed by atoms with Crippen LogP contribution in [0.3, 0.4) is 0 Å². The van der Waals surface area contributed by atoms with Crippen molar-refractivity contribution in [1.82, 2.24) is 4.98 Å². The molecule has 1 aromatic heterocycles. The molecule has 0 aliphatic rings. The standard InChI is InChI=1S/C14H16N2O2S/c1-8(13-9(2)19-10(3)16-13)15-12-7-5-4-6-11(12)14(17)18/h4-8,15H,1-3H3,(H,17,18). The number of nitrogens with zero attached hydrogens (tertiary/aromatic N) is 1. The van der Waals surface area contributed by atoms with Crippen LogP contribution >= 0.6 is 11.3 Å². The van der Waals surface area contributed by atoms with Gasteiger partial charge < -0.3 is 10.4 Å². The van der Waals surface area contributed by atoms with E-state index in [1.165, 1.54) is 0 Å². The van der Waals surface area contributed by atoms with Gasteiger partial charge in [0, 0.05) is 10.6 Å². The first-order chi connectivity index (χ1) is 8.99. The van der Waals surface area contributed by atoms with E-state index in [0.29, 0.717) is 5.69 Å². The number of carboxylic acids is 1. The molecule has 0 bridgehead atoms. The Bertz CT molecular complexity index is 607. The topological polar surface area (TPSA) is 62.2 Å². The monoisotopic (exact) mass is 276 g/mol. The van der Waals surface area contributed by atoms with Gasteiger partial charge in [-0.05, 0) is 32.9 Å². The largest absolute Gasteiger partial charge is 0.478 e. The van der Waals surface area contributed by atoms with Gasteiger partial charge in [-0.2, -0.15) is 0 Å². The Hall–Kier alpha value is -1.88. The molecule has 0 saturated heterocycles. The minimum Gasteiger partial charge on any atom is -0.478 e. The number of hydrogen-bond acceptors (Lipinski definition) is 4. The number of para-hydroxylation sites is 1. The maximum absolute atomic E-state index is 11.2. The van der Waals surface area contributed by atoms with Crippen LogP contribution in [0.25, 0.3) is 0 Å². The summed E-state index contributed by atoms with van der Waals surface area (Å²) in [6.07, 6.45) is 0. The third kappa shape index (κ3) is 2.93. The van der Waals surface area contributed by atoms with Crippen molar-refractivity contribution in [2.24, 2.45) is 0 Å². The van der Waals surface area contributed by atoms with Crippen LogP contribution in [0.4, 0.5) is 5.69 Å². The first-order valence-electron chi connectivity index (χ1n) is 6.02. The normalized spacial score (nSPS) is 12.2. The average Bonchev–Trinajstić information content (AvgIpc) is 2.69. The van der Waals surface area contributed by atoms with Gasteiger partial charge in [-0.15, -0.1) is 11.3 Å². The number of anilines is 1. The maximum atomic E-state index is 11.2. The van der Waals surface area contributed by atoms with Gasteiger partial charge in [-0.1, -0.05) is 12.1 Å². The summed E-state index contributed by atoms with van der Waals surface area (Å²) in [5, 5.41) is 13.4. The van der Waals surface area contributed by atoms with Gasteiger partial charge in [0.05, 0.1) is 22.3 Å². The van der Waals surface area contributed by atoms with Gasteiger partial charge in [-0.3, -0.25) is 0 Å². The summed E-state index contributed by atoms with van der Waals surface area (Å²) in [5.74, 6) is -0.929. The molecule has 0 fully saturated rings. The van der Waals surface area contributed by atoms with Crippen LogP contribution < -0.4 is 5.32 Å². The molecular weight excluding hydrogens is 260 g/mol. The number of aromatic nitrogens is 1. The SMILES string of the molecule is Cc1nc(C(C)Nc2ccccc2C(=O)O)c(C)s1. The Morgan fingerprint density at radius 3 is 2.63 bits per heavy atom. The molecule has 19 heavy (non-hydrogen) atoms. The predicted octanol–water partition coefficient (Wildman–Crippen LogP) is 3.63. The number of aromatic carboxylic acids is 1. The fourth-order valence-electron chi connectivity index (χ4n) is 2.04. The smallest absolute Gasteiger partial charge is 0.337 e. The molecule has 1 aromatic carbocycles. The van der Waals surface area contributed by atoms with E-state index in [2.05, 4.69) is 10.3 Å².